The molecule has 0 saturated carbocycles. The van der Waals surface area contributed by atoms with Gasteiger partial charge in [0.15, 0.2) is 6.10 Å². The van der Waals surface area contributed by atoms with E-state index in [1.807, 2.05) is 0 Å². The van der Waals surface area contributed by atoms with Crippen LogP contribution in [0.5, 0.6) is 0 Å². The molecule has 0 heterocycles. The van der Waals surface area contributed by atoms with E-state index in [9.17, 15) is 14.4 Å². The predicted molar refractivity (Wildman–Crippen MR) is 284 cm³/mol. The van der Waals surface area contributed by atoms with Crippen LogP contribution < -0.4 is 0 Å². The minimum Gasteiger partial charge on any atom is -0.462 e. The first-order valence-corrected chi connectivity index (χ1v) is 29.7. The molecule has 0 aromatic rings. The van der Waals surface area contributed by atoms with Crippen LogP contribution in [-0.2, 0) is 28.6 Å². The molecule has 0 aromatic carbocycles. The lowest BCUT2D eigenvalue weighted by Crippen LogP contribution is -2.30. The standard InChI is InChI=1S/C60H114O6/c1-4-7-10-13-16-19-22-24-25-26-27-28-29-30-31-32-33-34-36-38-41-44-47-50-53-59(62)65-56-57(55-64-58(61)52-49-46-43-40-37-21-18-15-12-9-6-3)66-60(63)54-51-48-45-42-39-35-23-20-17-14-11-8-5-2/h20,23,57H,4-19,21-22,24-56H2,1-3H3/b23-20-. The maximum absolute atomic E-state index is 12.8. The van der Waals surface area contributed by atoms with Crippen LogP contribution in [0, 0.1) is 0 Å². The second-order valence-electron chi connectivity index (χ2n) is 20.3. The van der Waals surface area contributed by atoms with Crippen LogP contribution in [0.4, 0.5) is 0 Å². The van der Waals surface area contributed by atoms with E-state index < -0.39 is 6.10 Å². The number of carbonyl (C=O) groups is 3. The fourth-order valence-electron chi connectivity index (χ4n) is 9.03. The maximum atomic E-state index is 12.8. The summed E-state index contributed by atoms with van der Waals surface area (Å²) in [5.74, 6) is -0.855. The van der Waals surface area contributed by atoms with Gasteiger partial charge in [-0.1, -0.05) is 283 Å². The van der Waals surface area contributed by atoms with Crippen molar-refractivity contribution in [3.05, 3.63) is 12.2 Å². The van der Waals surface area contributed by atoms with E-state index in [1.54, 1.807) is 0 Å². The number of esters is 3. The molecule has 6 nitrogen and oxygen atoms in total. The van der Waals surface area contributed by atoms with Crippen molar-refractivity contribution < 1.29 is 28.6 Å². The Bertz CT molecular complexity index is 1020. The summed E-state index contributed by atoms with van der Waals surface area (Å²) in [5.41, 5.74) is 0. The molecular formula is C60H114O6. The van der Waals surface area contributed by atoms with Crippen LogP contribution in [0.25, 0.3) is 0 Å². The molecule has 0 spiro atoms. The smallest absolute Gasteiger partial charge is 0.306 e. The van der Waals surface area contributed by atoms with Gasteiger partial charge in [-0.2, -0.15) is 0 Å². The molecule has 0 fully saturated rings. The Morgan fingerprint density at radius 2 is 0.500 bits per heavy atom. The van der Waals surface area contributed by atoms with Crippen LogP contribution in [0.2, 0.25) is 0 Å². The van der Waals surface area contributed by atoms with Crippen LogP contribution in [0.15, 0.2) is 12.2 Å². The van der Waals surface area contributed by atoms with E-state index in [2.05, 4.69) is 32.9 Å². The highest BCUT2D eigenvalue weighted by Gasteiger charge is 2.19. The summed E-state index contributed by atoms with van der Waals surface area (Å²) < 4.78 is 16.8. The first-order chi connectivity index (χ1) is 32.5. The van der Waals surface area contributed by atoms with E-state index in [0.717, 1.165) is 64.2 Å². The molecule has 1 unspecified atom stereocenters. The normalized spacial score (nSPS) is 12.0. The minimum absolute atomic E-state index is 0.0676. The zero-order valence-corrected chi connectivity index (χ0v) is 44.7. The number of unbranched alkanes of at least 4 members (excludes halogenated alkanes) is 42. The van der Waals surface area contributed by atoms with E-state index in [1.165, 1.54) is 231 Å². The van der Waals surface area contributed by atoms with Crippen molar-refractivity contribution >= 4 is 17.9 Å². The molecule has 0 amide bonds. The Labute approximate surface area is 411 Å². The molecule has 0 N–H and O–H groups in total. The molecule has 6 heteroatoms. The molecular weight excluding hydrogens is 817 g/mol. The molecule has 0 aliphatic carbocycles. The van der Waals surface area contributed by atoms with Gasteiger partial charge in [-0.25, -0.2) is 0 Å². The Balaban J connectivity index is 4.16. The van der Waals surface area contributed by atoms with E-state index in [0.29, 0.717) is 19.3 Å². The first-order valence-electron chi connectivity index (χ1n) is 29.7. The first kappa shape index (κ1) is 64.2. The van der Waals surface area contributed by atoms with Crippen molar-refractivity contribution in [1.82, 2.24) is 0 Å². The molecule has 0 aromatic heterocycles. The molecule has 1 atom stereocenters. The summed E-state index contributed by atoms with van der Waals surface area (Å²) >= 11 is 0. The van der Waals surface area contributed by atoms with Gasteiger partial charge >= 0.3 is 17.9 Å². The number of rotatable bonds is 55. The van der Waals surface area contributed by atoms with Crippen molar-refractivity contribution in [2.45, 2.75) is 341 Å². The Hall–Kier alpha value is -1.85. The van der Waals surface area contributed by atoms with E-state index in [4.69, 9.17) is 14.2 Å². The fraction of sp³-hybridized carbons (Fsp3) is 0.917. The molecule has 390 valence electrons. The lowest BCUT2D eigenvalue weighted by Gasteiger charge is -2.18. The fourth-order valence-corrected chi connectivity index (χ4v) is 9.03. The summed E-state index contributed by atoms with van der Waals surface area (Å²) in [6, 6.07) is 0. The summed E-state index contributed by atoms with van der Waals surface area (Å²) in [6.07, 6.45) is 63.6. The zero-order chi connectivity index (χ0) is 47.9. The number of allylic oxidation sites excluding steroid dienone is 2. The summed E-state index contributed by atoms with van der Waals surface area (Å²) in [6.45, 7) is 6.66. The number of carbonyl (C=O) groups excluding carboxylic acids is 3. The van der Waals surface area contributed by atoms with Gasteiger partial charge in [0.05, 0.1) is 0 Å². The van der Waals surface area contributed by atoms with Crippen LogP contribution in [-0.4, -0.2) is 37.2 Å². The van der Waals surface area contributed by atoms with Gasteiger partial charge < -0.3 is 14.2 Å². The van der Waals surface area contributed by atoms with Crippen molar-refractivity contribution in [2.75, 3.05) is 13.2 Å². The van der Waals surface area contributed by atoms with Gasteiger partial charge in [0, 0.05) is 19.3 Å². The van der Waals surface area contributed by atoms with Gasteiger partial charge in [-0.15, -0.1) is 0 Å². The van der Waals surface area contributed by atoms with Crippen LogP contribution in [0.1, 0.15) is 335 Å². The Morgan fingerprint density at radius 3 is 0.773 bits per heavy atom. The van der Waals surface area contributed by atoms with E-state index in [-0.39, 0.29) is 31.1 Å². The van der Waals surface area contributed by atoms with Gasteiger partial charge in [0.2, 0.25) is 0 Å². The van der Waals surface area contributed by atoms with Crippen molar-refractivity contribution in [2.24, 2.45) is 0 Å². The Kier molecular flexibility index (Phi) is 54.2. The zero-order valence-electron chi connectivity index (χ0n) is 44.7. The average molecular weight is 932 g/mol. The number of ether oxygens (including phenoxy) is 3. The topological polar surface area (TPSA) is 78.9 Å². The Morgan fingerprint density at radius 1 is 0.288 bits per heavy atom. The molecule has 0 saturated heterocycles. The van der Waals surface area contributed by atoms with Gasteiger partial charge in [-0.3, -0.25) is 14.4 Å². The van der Waals surface area contributed by atoms with Crippen molar-refractivity contribution in [3.8, 4) is 0 Å². The van der Waals surface area contributed by atoms with E-state index >= 15 is 0 Å². The number of hydrogen-bond donors (Lipinski definition) is 0. The highest BCUT2D eigenvalue weighted by atomic mass is 16.6. The SMILES string of the molecule is CCCCCC/C=C\CCCCCCCC(=O)OC(COC(=O)CCCCCCCCCCCCC)COC(=O)CCCCCCCCCCCCCCCCCCCCCCCCCC. The molecule has 0 bridgehead atoms. The molecule has 0 rings (SSSR count). The highest BCUT2D eigenvalue weighted by molar-refractivity contribution is 5.71. The number of hydrogen-bond acceptors (Lipinski definition) is 6. The molecule has 66 heavy (non-hydrogen) atoms. The summed E-state index contributed by atoms with van der Waals surface area (Å²) in [5, 5.41) is 0. The molecule has 0 aliphatic heterocycles. The predicted octanol–water partition coefficient (Wildman–Crippen LogP) is 19.7. The monoisotopic (exact) mass is 931 g/mol. The third-order valence-corrected chi connectivity index (χ3v) is 13.5. The largest absolute Gasteiger partial charge is 0.462 e. The lowest BCUT2D eigenvalue weighted by atomic mass is 10.0. The van der Waals surface area contributed by atoms with Gasteiger partial charge in [0.25, 0.3) is 0 Å². The van der Waals surface area contributed by atoms with Crippen LogP contribution in [0.3, 0.4) is 0 Å². The highest BCUT2D eigenvalue weighted by Crippen LogP contribution is 2.18. The van der Waals surface area contributed by atoms with Crippen LogP contribution >= 0.6 is 0 Å². The third-order valence-electron chi connectivity index (χ3n) is 13.5. The quantitative estimate of drug-likeness (QED) is 0.0262. The molecule has 0 aliphatic rings. The minimum atomic E-state index is -0.768. The summed E-state index contributed by atoms with van der Waals surface area (Å²) in [4.78, 5) is 38.1. The van der Waals surface area contributed by atoms with Gasteiger partial charge in [-0.05, 0) is 44.9 Å². The maximum Gasteiger partial charge on any atom is 0.306 e. The second-order valence-corrected chi connectivity index (χ2v) is 20.3. The van der Waals surface area contributed by atoms with Crippen molar-refractivity contribution in [3.63, 3.8) is 0 Å². The average Bonchev–Trinajstić information content (AvgIpc) is 3.31. The van der Waals surface area contributed by atoms with Gasteiger partial charge in [0.1, 0.15) is 13.2 Å². The third kappa shape index (κ3) is 53.1. The van der Waals surface area contributed by atoms with Crippen molar-refractivity contribution in [1.29, 1.82) is 0 Å². The summed E-state index contributed by atoms with van der Waals surface area (Å²) in [7, 11) is 0. The second kappa shape index (κ2) is 55.7. The molecule has 0 radical (unpaired) electrons. The lowest BCUT2D eigenvalue weighted by molar-refractivity contribution is -0.167.